The third kappa shape index (κ3) is 3.53. The van der Waals surface area contributed by atoms with Gasteiger partial charge in [-0.25, -0.2) is 18.4 Å². The normalized spacial score (nSPS) is 11.8. The van der Waals surface area contributed by atoms with Gasteiger partial charge in [-0.2, -0.15) is 0 Å². The maximum atomic E-state index is 11.1. The summed E-state index contributed by atoms with van der Waals surface area (Å²) in [5, 5.41) is 3.04. The van der Waals surface area contributed by atoms with Gasteiger partial charge in [0.15, 0.2) is 9.84 Å². The number of nitrogens with zero attached hydrogens (tertiary/aromatic N) is 2. The largest absolute Gasteiger partial charge is 0.316 e. The maximum absolute atomic E-state index is 11.1. The van der Waals surface area contributed by atoms with Crippen molar-refractivity contribution in [2.24, 2.45) is 0 Å². The smallest absolute Gasteiger partial charge is 0.154 e. The van der Waals surface area contributed by atoms with Gasteiger partial charge >= 0.3 is 0 Å². The standard InChI is InChI=1S/C10H17N3O2S/c1-7-9(5-11-3)8(2)13-10(12-7)6-16(4,14)15/h11H,5-6H2,1-4H3. The van der Waals surface area contributed by atoms with Gasteiger partial charge in [-0.1, -0.05) is 0 Å². The Kier molecular flexibility index (Phi) is 3.98. The molecule has 0 aliphatic heterocycles. The Morgan fingerprint density at radius 1 is 1.19 bits per heavy atom. The van der Waals surface area contributed by atoms with Crippen molar-refractivity contribution in [1.82, 2.24) is 15.3 Å². The molecule has 16 heavy (non-hydrogen) atoms. The number of sulfone groups is 1. The number of rotatable bonds is 4. The van der Waals surface area contributed by atoms with E-state index in [1.165, 1.54) is 6.26 Å². The van der Waals surface area contributed by atoms with Crippen molar-refractivity contribution in [1.29, 1.82) is 0 Å². The van der Waals surface area contributed by atoms with Crippen LogP contribution >= 0.6 is 0 Å². The highest BCUT2D eigenvalue weighted by atomic mass is 32.2. The summed E-state index contributed by atoms with van der Waals surface area (Å²) < 4.78 is 22.3. The molecule has 0 aromatic carbocycles. The highest BCUT2D eigenvalue weighted by molar-refractivity contribution is 7.89. The monoisotopic (exact) mass is 243 g/mol. The first-order chi connectivity index (χ1) is 7.33. The van der Waals surface area contributed by atoms with Crippen molar-refractivity contribution in [3.05, 3.63) is 22.8 Å². The van der Waals surface area contributed by atoms with Crippen molar-refractivity contribution < 1.29 is 8.42 Å². The van der Waals surface area contributed by atoms with E-state index in [2.05, 4.69) is 15.3 Å². The summed E-state index contributed by atoms with van der Waals surface area (Å²) in [4.78, 5) is 8.42. The lowest BCUT2D eigenvalue weighted by atomic mass is 10.1. The summed E-state index contributed by atoms with van der Waals surface area (Å²) in [6.07, 6.45) is 1.18. The molecule has 0 aliphatic carbocycles. The molecular weight excluding hydrogens is 226 g/mol. The Hall–Kier alpha value is -1.01. The van der Waals surface area contributed by atoms with Crippen LogP contribution in [0.2, 0.25) is 0 Å². The molecule has 0 bridgehead atoms. The molecule has 0 unspecified atom stereocenters. The summed E-state index contributed by atoms with van der Waals surface area (Å²) in [5.41, 5.74) is 2.70. The van der Waals surface area contributed by atoms with Crippen LogP contribution in [0.15, 0.2) is 0 Å². The van der Waals surface area contributed by atoms with E-state index in [0.717, 1.165) is 17.0 Å². The molecule has 0 aliphatic rings. The Balaban J connectivity index is 3.09. The molecule has 0 saturated carbocycles. The number of hydrogen-bond acceptors (Lipinski definition) is 5. The van der Waals surface area contributed by atoms with E-state index in [9.17, 15) is 8.42 Å². The highest BCUT2D eigenvalue weighted by Gasteiger charge is 2.11. The first-order valence-corrected chi connectivity index (χ1v) is 7.05. The molecule has 0 spiro atoms. The van der Waals surface area contributed by atoms with E-state index >= 15 is 0 Å². The fourth-order valence-corrected chi connectivity index (χ4v) is 2.14. The van der Waals surface area contributed by atoms with Crippen LogP contribution in [0, 0.1) is 13.8 Å². The van der Waals surface area contributed by atoms with Crippen LogP contribution in [0.4, 0.5) is 0 Å². The van der Waals surface area contributed by atoms with Gasteiger partial charge in [0.1, 0.15) is 11.6 Å². The Labute approximate surface area is 96.2 Å². The fraction of sp³-hybridized carbons (Fsp3) is 0.600. The molecule has 1 N–H and O–H groups in total. The van der Waals surface area contributed by atoms with Crippen LogP contribution in [0.1, 0.15) is 22.8 Å². The molecule has 1 aromatic heterocycles. The molecule has 0 radical (unpaired) electrons. The summed E-state index contributed by atoms with van der Waals surface area (Å²) in [7, 11) is -1.23. The van der Waals surface area contributed by atoms with E-state index in [1.807, 2.05) is 20.9 Å². The van der Waals surface area contributed by atoms with Crippen LogP contribution in [-0.2, 0) is 22.1 Å². The lowest BCUT2D eigenvalue weighted by Crippen LogP contribution is -2.14. The van der Waals surface area contributed by atoms with Gasteiger partial charge in [-0.05, 0) is 20.9 Å². The topological polar surface area (TPSA) is 72.0 Å². The lowest BCUT2D eigenvalue weighted by Gasteiger charge is -2.09. The summed E-state index contributed by atoms with van der Waals surface area (Å²) in [5.74, 6) is 0.270. The van der Waals surface area contributed by atoms with E-state index in [0.29, 0.717) is 12.4 Å². The van der Waals surface area contributed by atoms with Gasteiger partial charge in [0, 0.05) is 29.8 Å². The lowest BCUT2D eigenvalue weighted by molar-refractivity contribution is 0.599. The first kappa shape index (κ1) is 13.1. The first-order valence-electron chi connectivity index (χ1n) is 4.99. The van der Waals surface area contributed by atoms with Crippen LogP contribution in [0.5, 0.6) is 0 Å². The average Bonchev–Trinajstić information content (AvgIpc) is 2.08. The third-order valence-corrected chi connectivity index (χ3v) is 2.99. The molecule has 0 saturated heterocycles. The number of nitrogens with one attached hydrogen (secondary N) is 1. The Bertz CT molecular complexity index is 460. The number of aryl methyl sites for hydroxylation is 2. The second-order valence-corrected chi connectivity index (χ2v) is 6.03. The second-order valence-electron chi connectivity index (χ2n) is 3.89. The van der Waals surface area contributed by atoms with Gasteiger partial charge in [-0.3, -0.25) is 0 Å². The van der Waals surface area contributed by atoms with Crippen LogP contribution in [0.3, 0.4) is 0 Å². The average molecular weight is 243 g/mol. The number of hydrogen-bond donors (Lipinski definition) is 1. The van der Waals surface area contributed by atoms with Crippen LogP contribution < -0.4 is 5.32 Å². The van der Waals surface area contributed by atoms with Crippen LogP contribution in [0.25, 0.3) is 0 Å². The molecule has 6 heteroatoms. The minimum atomic E-state index is -3.08. The third-order valence-electron chi connectivity index (χ3n) is 2.21. The predicted molar refractivity (Wildman–Crippen MR) is 62.8 cm³/mol. The summed E-state index contributed by atoms with van der Waals surface area (Å²) in [6.45, 7) is 4.43. The van der Waals surface area contributed by atoms with Crippen LogP contribution in [-0.4, -0.2) is 31.7 Å². The van der Waals surface area contributed by atoms with Crippen molar-refractivity contribution in [2.45, 2.75) is 26.1 Å². The van der Waals surface area contributed by atoms with Gasteiger partial charge in [0.2, 0.25) is 0 Å². The van der Waals surface area contributed by atoms with E-state index in [1.54, 1.807) is 0 Å². The highest BCUT2D eigenvalue weighted by Crippen LogP contribution is 2.11. The van der Waals surface area contributed by atoms with Crippen molar-refractivity contribution in [2.75, 3.05) is 13.3 Å². The molecule has 0 atom stereocenters. The van der Waals surface area contributed by atoms with Crippen molar-refractivity contribution in [3.8, 4) is 0 Å². The molecule has 90 valence electrons. The molecule has 5 nitrogen and oxygen atoms in total. The molecular formula is C10H17N3O2S. The van der Waals surface area contributed by atoms with Crippen molar-refractivity contribution in [3.63, 3.8) is 0 Å². The van der Waals surface area contributed by atoms with E-state index in [4.69, 9.17) is 0 Å². The SMILES string of the molecule is CNCc1c(C)nc(CS(C)(=O)=O)nc1C. The predicted octanol–water partition coefficient (Wildman–Crippen LogP) is 0.357. The van der Waals surface area contributed by atoms with Crippen molar-refractivity contribution >= 4 is 9.84 Å². The molecule has 1 heterocycles. The zero-order valence-electron chi connectivity index (χ0n) is 10.0. The number of aromatic nitrogens is 2. The quantitative estimate of drug-likeness (QED) is 0.826. The fourth-order valence-electron chi connectivity index (χ4n) is 1.54. The molecule has 1 aromatic rings. The van der Waals surface area contributed by atoms with E-state index < -0.39 is 9.84 Å². The van der Waals surface area contributed by atoms with Gasteiger partial charge < -0.3 is 5.32 Å². The molecule has 0 fully saturated rings. The maximum Gasteiger partial charge on any atom is 0.154 e. The molecule has 1 rings (SSSR count). The van der Waals surface area contributed by atoms with E-state index in [-0.39, 0.29) is 5.75 Å². The molecule has 0 amide bonds. The summed E-state index contributed by atoms with van der Waals surface area (Å²) >= 11 is 0. The Morgan fingerprint density at radius 2 is 1.69 bits per heavy atom. The Morgan fingerprint density at radius 3 is 2.06 bits per heavy atom. The zero-order chi connectivity index (χ0) is 12.3. The van der Waals surface area contributed by atoms with Gasteiger partial charge in [0.05, 0.1) is 0 Å². The second kappa shape index (κ2) is 4.88. The minimum absolute atomic E-state index is 0.103. The zero-order valence-corrected chi connectivity index (χ0v) is 10.8. The summed E-state index contributed by atoms with van der Waals surface area (Å²) in [6, 6.07) is 0. The van der Waals surface area contributed by atoms with Gasteiger partial charge in [-0.15, -0.1) is 0 Å². The van der Waals surface area contributed by atoms with Gasteiger partial charge in [0.25, 0.3) is 0 Å². The minimum Gasteiger partial charge on any atom is -0.316 e.